The zero-order chi connectivity index (χ0) is 26.5. The Morgan fingerprint density at radius 1 is 1.11 bits per heavy atom. The van der Waals surface area contributed by atoms with Gasteiger partial charge < -0.3 is 14.4 Å². The average molecular weight is 538 g/mol. The van der Waals surface area contributed by atoms with Gasteiger partial charge in [-0.3, -0.25) is 19.3 Å². The maximum atomic E-state index is 13.5. The van der Waals surface area contributed by atoms with Crippen LogP contribution in [-0.4, -0.2) is 81.6 Å². The molecule has 10 nitrogen and oxygen atoms in total. The van der Waals surface area contributed by atoms with E-state index in [9.17, 15) is 22.8 Å². The molecule has 0 saturated heterocycles. The van der Waals surface area contributed by atoms with E-state index < -0.39 is 21.9 Å². The van der Waals surface area contributed by atoms with Gasteiger partial charge in [0, 0.05) is 39.3 Å². The van der Waals surface area contributed by atoms with Crippen LogP contribution in [0.2, 0.25) is 5.02 Å². The summed E-state index contributed by atoms with van der Waals surface area (Å²) in [6, 6.07) is 11.7. The van der Waals surface area contributed by atoms with E-state index in [1.807, 2.05) is 12.1 Å². The van der Waals surface area contributed by atoms with Gasteiger partial charge in [-0.25, -0.2) is 12.7 Å². The maximum Gasteiger partial charge on any atom is 0.302 e. The van der Waals surface area contributed by atoms with Gasteiger partial charge in [0.05, 0.1) is 16.8 Å². The molecule has 36 heavy (non-hydrogen) atoms. The number of ether oxygens (including phenoxy) is 2. The molecule has 194 valence electrons. The van der Waals surface area contributed by atoms with Crippen molar-refractivity contribution in [1.29, 1.82) is 0 Å². The van der Waals surface area contributed by atoms with Crippen molar-refractivity contribution in [3.63, 3.8) is 0 Å². The summed E-state index contributed by atoms with van der Waals surface area (Å²) >= 11 is 6.40. The number of rotatable bonds is 9. The number of nitrogens with zero attached hydrogens (tertiary/aromatic N) is 3. The van der Waals surface area contributed by atoms with E-state index in [-0.39, 0.29) is 55.9 Å². The minimum Gasteiger partial charge on any atom is -0.490 e. The number of hydrogen-bond donors (Lipinski definition) is 0. The van der Waals surface area contributed by atoms with Crippen LogP contribution in [0.5, 0.6) is 5.75 Å². The molecule has 1 heterocycles. The highest BCUT2D eigenvalue weighted by Gasteiger charge is 2.30. The Bertz CT molecular complexity index is 1250. The summed E-state index contributed by atoms with van der Waals surface area (Å²) in [4.78, 5) is 40.4. The Hall–Kier alpha value is -3.15. The molecule has 0 N–H and O–H groups in total. The van der Waals surface area contributed by atoms with Gasteiger partial charge in [-0.2, -0.15) is 0 Å². The summed E-state index contributed by atoms with van der Waals surface area (Å²) in [5.41, 5.74) is 1.52. The first-order chi connectivity index (χ1) is 17.0. The maximum absolute atomic E-state index is 13.5. The lowest BCUT2D eigenvalue weighted by atomic mass is 10.1. The molecule has 1 aliphatic rings. The van der Waals surface area contributed by atoms with Gasteiger partial charge in [-0.15, -0.1) is 0 Å². The fourth-order valence-electron chi connectivity index (χ4n) is 3.58. The van der Waals surface area contributed by atoms with Gasteiger partial charge in [0.2, 0.25) is 15.9 Å². The van der Waals surface area contributed by atoms with Crippen LogP contribution in [0.25, 0.3) is 0 Å². The first-order valence-electron chi connectivity index (χ1n) is 11.1. The van der Waals surface area contributed by atoms with Crippen LogP contribution in [0.4, 0.5) is 5.69 Å². The highest BCUT2D eigenvalue weighted by atomic mass is 35.5. The van der Waals surface area contributed by atoms with Crippen LogP contribution in [0.3, 0.4) is 0 Å². The van der Waals surface area contributed by atoms with Crippen LogP contribution in [0.1, 0.15) is 22.8 Å². The van der Waals surface area contributed by atoms with Gasteiger partial charge in [0.25, 0.3) is 5.91 Å². The number of amides is 2. The largest absolute Gasteiger partial charge is 0.490 e. The van der Waals surface area contributed by atoms with Crippen LogP contribution in [0, 0.1) is 0 Å². The molecule has 0 aliphatic carbocycles. The fraction of sp³-hybridized carbons (Fsp3) is 0.375. The van der Waals surface area contributed by atoms with E-state index in [2.05, 4.69) is 0 Å². The van der Waals surface area contributed by atoms with Crippen molar-refractivity contribution in [2.24, 2.45) is 0 Å². The number of halogens is 1. The van der Waals surface area contributed by atoms with Crippen molar-refractivity contribution < 1.29 is 32.3 Å². The molecule has 0 aromatic heterocycles. The van der Waals surface area contributed by atoms with E-state index in [0.717, 1.165) is 11.8 Å². The molecule has 0 radical (unpaired) electrons. The predicted molar refractivity (Wildman–Crippen MR) is 135 cm³/mol. The number of fused-ring (bicyclic) bond motifs is 1. The number of carbonyl (C=O) groups excluding carboxylic acids is 3. The van der Waals surface area contributed by atoms with E-state index in [1.54, 1.807) is 18.2 Å². The fourth-order valence-corrected chi connectivity index (χ4v) is 4.25. The molecule has 3 rings (SSSR count). The highest BCUT2D eigenvalue weighted by molar-refractivity contribution is 7.88. The lowest BCUT2D eigenvalue weighted by Gasteiger charge is -2.24. The number of anilines is 1. The van der Waals surface area contributed by atoms with Crippen molar-refractivity contribution in [2.45, 2.75) is 13.5 Å². The van der Waals surface area contributed by atoms with Gasteiger partial charge in [0.15, 0.2) is 0 Å². The van der Waals surface area contributed by atoms with Crippen molar-refractivity contribution in [3.8, 4) is 5.75 Å². The number of carbonyl (C=O) groups is 3. The molecule has 0 spiro atoms. The smallest absolute Gasteiger partial charge is 0.302 e. The summed E-state index contributed by atoms with van der Waals surface area (Å²) in [6.45, 7) is 1.83. The third-order valence-corrected chi connectivity index (χ3v) is 7.24. The first-order valence-corrected chi connectivity index (χ1v) is 13.3. The summed E-state index contributed by atoms with van der Waals surface area (Å²) < 4.78 is 35.0. The Balaban J connectivity index is 1.79. The number of benzene rings is 2. The Labute approximate surface area is 215 Å². The standard InChI is InChI=1S/C24H28ClN3O7S/c1-17(29)34-12-13-35-19-8-9-20(21(25)14-19)24(31)28-16-23(30)27(11-10-26(2)36(3,32)33)15-18-6-4-5-7-22(18)28/h4-9,14H,10-13,15-16H2,1-3H3. The lowest BCUT2D eigenvalue weighted by Crippen LogP contribution is -2.43. The monoisotopic (exact) mass is 537 g/mol. The molecule has 2 amide bonds. The summed E-state index contributed by atoms with van der Waals surface area (Å²) in [6.07, 6.45) is 1.10. The quantitative estimate of drug-likeness (QED) is 0.356. The Morgan fingerprint density at radius 3 is 2.50 bits per heavy atom. The Kier molecular flexibility index (Phi) is 8.93. The molecular formula is C24H28ClN3O7S. The highest BCUT2D eigenvalue weighted by Crippen LogP contribution is 2.30. The first kappa shape index (κ1) is 27.4. The molecule has 2 aromatic rings. The summed E-state index contributed by atoms with van der Waals surface area (Å²) in [7, 11) is -1.94. The van der Waals surface area contributed by atoms with Crippen LogP contribution in [0.15, 0.2) is 42.5 Å². The topological polar surface area (TPSA) is 114 Å². The van der Waals surface area contributed by atoms with E-state index in [4.69, 9.17) is 21.1 Å². The van der Waals surface area contributed by atoms with E-state index in [1.165, 1.54) is 40.2 Å². The molecule has 0 atom stereocenters. The molecule has 1 aliphatic heterocycles. The predicted octanol–water partition coefficient (Wildman–Crippen LogP) is 2.16. The van der Waals surface area contributed by atoms with Gasteiger partial charge in [0.1, 0.15) is 25.5 Å². The second-order valence-electron chi connectivity index (χ2n) is 8.25. The van der Waals surface area contributed by atoms with Gasteiger partial charge >= 0.3 is 5.97 Å². The molecule has 12 heteroatoms. The van der Waals surface area contributed by atoms with Crippen LogP contribution in [-0.2, 0) is 30.9 Å². The number of esters is 1. The molecule has 0 saturated carbocycles. The number of para-hydroxylation sites is 1. The van der Waals surface area contributed by atoms with Crippen molar-refractivity contribution in [2.75, 3.05) is 51.1 Å². The summed E-state index contributed by atoms with van der Waals surface area (Å²) in [5.74, 6) is -0.784. The minimum atomic E-state index is -3.39. The molecule has 2 aromatic carbocycles. The number of likely N-dealkylation sites (N-methyl/N-ethyl adjacent to an activating group) is 1. The third kappa shape index (κ3) is 6.96. The zero-order valence-electron chi connectivity index (χ0n) is 20.3. The Morgan fingerprint density at radius 2 is 1.83 bits per heavy atom. The van der Waals surface area contributed by atoms with Gasteiger partial charge in [-0.1, -0.05) is 29.8 Å². The average Bonchev–Trinajstić information content (AvgIpc) is 2.95. The van der Waals surface area contributed by atoms with Crippen LogP contribution < -0.4 is 9.64 Å². The number of sulfonamides is 1. The van der Waals surface area contributed by atoms with Gasteiger partial charge in [-0.05, 0) is 29.8 Å². The SMILES string of the molecule is CC(=O)OCCOc1ccc(C(=O)N2CC(=O)N(CCN(C)S(C)(=O)=O)Cc3ccccc32)c(Cl)c1. The second-order valence-corrected chi connectivity index (χ2v) is 10.7. The van der Waals surface area contributed by atoms with Crippen LogP contribution >= 0.6 is 11.6 Å². The molecular weight excluding hydrogens is 510 g/mol. The van der Waals surface area contributed by atoms with E-state index >= 15 is 0 Å². The van der Waals surface area contributed by atoms with E-state index in [0.29, 0.717) is 11.4 Å². The third-order valence-electron chi connectivity index (χ3n) is 5.61. The van der Waals surface area contributed by atoms with Crippen molar-refractivity contribution in [3.05, 3.63) is 58.6 Å². The zero-order valence-corrected chi connectivity index (χ0v) is 21.8. The number of hydrogen-bond acceptors (Lipinski definition) is 7. The normalized spacial score (nSPS) is 13.9. The molecule has 0 bridgehead atoms. The van der Waals surface area contributed by atoms with Crippen molar-refractivity contribution in [1.82, 2.24) is 9.21 Å². The molecule has 0 unspecified atom stereocenters. The summed E-state index contributed by atoms with van der Waals surface area (Å²) in [5, 5.41) is 0.144. The lowest BCUT2D eigenvalue weighted by molar-refractivity contribution is -0.141. The second kappa shape index (κ2) is 11.7. The van der Waals surface area contributed by atoms with Crippen molar-refractivity contribution >= 4 is 45.1 Å². The minimum absolute atomic E-state index is 0.0801. The molecule has 0 fully saturated rings.